The van der Waals surface area contributed by atoms with Gasteiger partial charge in [0.05, 0.1) is 6.54 Å². The first-order chi connectivity index (χ1) is 15.7. The van der Waals surface area contributed by atoms with E-state index in [1.807, 2.05) is 36.5 Å². The Bertz CT molecular complexity index is 908. The van der Waals surface area contributed by atoms with Crippen LogP contribution in [-0.4, -0.2) is 54.5 Å². The maximum Gasteiger partial charge on any atom is 0.227 e. The number of benzene rings is 1. The average molecular weight is 563 g/mol. The van der Waals surface area contributed by atoms with Crippen LogP contribution in [0.2, 0.25) is 0 Å². The SMILES string of the molecule is CCNC(=NCc1cccc(NC(=O)C2CCCC2)c1)N1CCN(c2ccccn2)CC1.I. The molecule has 1 aromatic heterocycles. The van der Waals surface area contributed by atoms with E-state index in [0.717, 1.165) is 81.4 Å². The summed E-state index contributed by atoms with van der Waals surface area (Å²) in [6.07, 6.45) is 6.19. The number of carbonyl (C=O) groups is 1. The van der Waals surface area contributed by atoms with Gasteiger partial charge in [0.25, 0.3) is 0 Å². The zero-order valence-electron chi connectivity index (χ0n) is 19.4. The third-order valence-corrected chi connectivity index (χ3v) is 6.22. The van der Waals surface area contributed by atoms with Gasteiger partial charge in [0.15, 0.2) is 5.96 Å². The van der Waals surface area contributed by atoms with Gasteiger partial charge in [0, 0.05) is 50.5 Å². The molecular weight excluding hydrogens is 527 g/mol. The molecule has 0 atom stereocenters. The summed E-state index contributed by atoms with van der Waals surface area (Å²) in [5, 5.41) is 6.53. The first-order valence-electron chi connectivity index (χ1n) is 11.8. The molecule has 0 spiro atoms. The van der Waals surface area contributed by atoms with Crippen LogP contribution in [0.1, 0.15) is 38.2 Å². The van der Waals surface area contributed by atoms with Gasteiger partial charge in [0.1, 0.15) is 5.82 Å². The van der Waals surface area contributed by atoms with Crippen LogP contribution in [0.4, 0.5) is 11.5 Å². The van der Waals surface area contributed by atoms with E-state index < -0.39 is 0 Å². The maximum absolute atomic E-state index is 12.4. The summed E-state index contributed by atoms with van der Waals surface area (Å²) in [4.78, 5) is 26.4. The van der Waals surface area contributed by atoms with Gasteiger partial charge in [-0.25, -0.2) is 9.98 Å². The van der Waals surface area contributed by atoms with Crippen molar-refractivity contribution in [3.05, 3.63) is 54.2 Å². The molecule has 2 heterocycles. The van der Waals surface area contributed by atoms with Gasteiger partial charge >= 0.3 is 0 Å². The molecule has 2 N–H and O–H groups in total. The number of carbonyl (C=O) groups excluding carboxylic acids is 1. The van der Waals surface area contributed by atoms with E-state index in [2.05, 4.69) is 44.5 Å². The lowest BCUT2D eigenvalue weighted by Crippen LogP contribution is -2.52. The number of nitrogens with zero attached hydrogens (tertiary/aromatic N) is 4. The highest BCUT2D eigenvalue weighted by Gasteiger charge is 2.23. The molecule has 2 aliphatic rings. The van der Waals surface area contributed by atoms with Crippen LogP contribution in [0.15, 0.2) is 53.7 Å². The molecule has 8 heteroatoms. The fourth-order valence-electron chi connectivity index (χ4n) is 4.46. The second kappa shape index (κ2) is 12.8. The largest absolute Gasteiger partial charge is 0.357 e. The van der Waals surface area contributed by atoms with Crippen LogP contribution >= 0.6 is 24.0 Å². The molecule has 2 fully saturated rings. The van der Waals surface area contributed by atoms with Gasteiger partial charge in [-0.15, -0.1) is 24.0 Å². The molecule has 0 bridgehead atoms. The summed E-state index contributed by atoms with van der Waals surface area (Å²) in [7, 11) is 0. The molecule has 33 heavy (non-hydrogen) atoms. The van der Waals surface area contributed by atoms with Crippen LogP contribution in [0.25, 0.3) is 0 Å². The van der Waals surface area contributed by atoms with Crippen molar-refractivity contribution in [1.29, 1.82) is 0 Å². The summed E-state index contributed by atoms with van der Waals surface area (Å²) in [5.41, 5.74) is 1.96. The monoisotopic (exact) mass is 562 g/mol. The molecule has 1 aliphatic carbocycles. The molecule has 2 aromatic rings. The molecule has 1 aliphatic heterocycles. The zero-order chi connectivity index (χ0) is 22.2. The lowest BCUT2D eigenvalue weighted by molar-refractivity contribution is -0.119. The predicted molar refractivity (Wildman–Crippen MR) is 145 cm³/mol. The first-order valence-corrected chi connectivity index (χ1v) is 11.8. The predicted octanol–water partition coefficient (Wildman–Crippen LogP) is 4.12. The maximum atomic E-state index is 12.4. The number of pyridine rings is 1. The number of aromatic nitrogens is 1. The fourth-order valence-corrected chi connectivity index (χ4v) is 4.46. The second-order valence-corrected chi connectivity index (χ2v) is 8.50. The van der Waals surface area contributed by atoms with Crippen LogP contribution < -0.4 is 15.5 Å². The van der Waals surface area contributed by atoms with E-state index in [1.54, 1.807) is 0 Å². The number of aliphatic imine (C=N–C) groups is 1. The Morgan fingerprint density at radius 3 is 2.58 bits per heavy atom. The Balaban J connectivity index is 0.00000306. The minimum atomic E-state index is 0. The first kappa shape index (κ1) is 25.3. The van der Waals surface area contributed by atoms with Gasteiger partial charge in [0.2, 0.25) is 5.91 Å². The summed E-state index contributed by atoms with van der Waals surface area (Å²) >= 11 is 0. The summed E-state index contributed by atoms with van der Waals surface area (Å²) < 4.78 is 0. The van der Waals surface area contributed by atoms with Crippen molar-refractivity contribution in [3.63, 3.8) is 0 Å². The fraction of sp³-hybridized carbons (Fsp3) is 0.480. The number of halogens is 1. The quantitative estimate of drug-likeness (QED) is 0.315. The summed E-state index contributed by atoms with van der Waals surface area (Å²) in [6, 6.07) is 14.1. The number of nitrogens with one attached hydrogen (secondary N) is 2. The van der Waals surface area contributed by atoms with Gasteiger partial charge < -0.3 is 20.4 Å². The third kappa shape index (κ3) is 7.06. The van der Waals surface area contributed by atoms with Crippen molar-refractivity contribution in [2.24, 2.45) is 10.9 Å². The highest BCUT2D eigenvalue weighted by molar-refractivity contribution is 14.0. The average Bonchev–Trinajstić information content (AvgIpc) is 3.38. The summed E-state index contributed by atoms with van der Waals surface area (Å²) in [6.45, 7) is 7.15. The molecule has 178 valence electrons. The van der Waals surface area contributed by atoms with E-state index in [0.29, 0.717) is 6.54 Å². The molecule has 7 nitrogen and oxygen atoms in total. The Kier molecular flexibility index (Phi) is 9.77. The smallest absolute Gasteiger partial charge is 0.227 e. The lowest BCUT2D eigenvalue weighted by atomic mass is 10.1. The van der Waals surface area contributed by atoms with Crippen molar-refractivity contribution in [1.82, 2.24) is 15.2 Å². The number of anilines is 2. The van der Waals surface area contributed by atoms with Crippen LogP contribution in [0.5, 0.6) is 0 Å². The van der Waals surface area contributed by atoms with Gasteiger partial charge in [-0.2, -0.15) is 0 Å². The van der Waals surface area contributed by atoms with E-state index >= 15 is 0 Å². The number of hydrogen-bond donors (Lipinski definition) is 2. The molecule has 4 rings (SSSR count). The van der Waals surface area contributed by atoms with Crippen LogP contribution in [0.3, 0.4) is 0 Å². The van der Waals surface area contributed by atoms with Crippen molar-refractivity contribution in [3.8, 4) is 0 Å². The van der Waals surface area contributed by atoms with E-state index in [9.17, 15) is 4.79 Å². The number of guanidine groups is 1. The van der Waals surface area contributed by atoms with Crippen molar-refractivity contribution in [2.75, 3.05) is 42.9 Å². The van der Waals surface area contributed by atoms with Crippen LogP contribution in [0, 0.1) is 5.92 Å². The Hall–Kier alpha value is -2.36. The third-order valence-electron chi connectivity index (χ3n) is 6.22. The number of hydrogen-bond acceptors (Lipinski definition) is 4. The normalized spacial score (nSPS) is 16.9. The van der Waals surface area contributed by atoms with Gasteiger partial charge in [-0.1, -0.05) is 31.0 Å². The Morgan fingerprint density at radius 2 is 1.88 bits per heavy atom. The molecule has 1 aromatic carbocycles. The number of amides is 1. The topological polar surface area (TPSA) is 72.9 Å². The molecular formula is C25H35IN6O. The number of piperazine rings is 1. The molecule has 0 radical (unpaired) electrons. The second-order valence-electron chi connectivity index (χ2n) is 8.50. The highest BCUT2D eigenvalue weighted by atomic mass is 127. The van der Waals surface area contributed by atoms with Gasteiger partial charge in [-0.05, 0) is 49.6 Å². The molecule has 1 saturated carbocycles. The molecule has 0 unspecified atom stereocenters. The minimum absolute atomic E-state index is 0. The highest BCUT2D eigenvalue weighted by Crippen LogP contribution is 2.26. The van der Waals surface area contributed by atoms with Gasteiger partial charge in [-0.3, -0.25) is 4.79 Å². The Labute approximate surface area is 214 Å². The van der Waals surface area contributed by atoms with E-state index in [-0.39, 0.29) is 35.8 Å². The summed E-state index contributed by atoms with van der Waals surface area (Å²) in [5.74, 6) is 2.29. The van der Waals surface area contributed by atoms with E-state index in [4.69, 9.17) is 4.99 Å². The van der Waals surface area contributed by atoms with Crippen LogP contribution in [-0.2, 0) is 11.3 Å². The van der Waals surface area contributed by atoms with Crippen molar-refractivity contribution in [2.45, 2.75) is 39.2 Å². The molecule has 1 saturated heterocycles. The Morgan fingerprint density at radius 1 is 1.09 bits per heavy atom. The van der Waals surface area contributed by atoms with E-state index in [1.165, 1.54) is 0 Å². The molecule has 1 amide bonds. The lowest BCUT2D eigenvalue weighted by Gasteiger charge is -2.37. The zero-order valence-corrected chi connectivity index (χ0v) is 21.7. The standard InChI is InChI=1S/C25H34N6O.HI/c1-2-26-25(31-16-14-30(15-17-31)23-12-5-6-13-27-23)28-19-20-8-7-11-22(18-20)29-24(32)21-9-3-4-10-21;/h5-8,11-13,18,21H,2-4,9-10,14-17,19H2,1H3,(H,26,28)(H,29,32);1H. The van der Waals surface area contributed by atoms with Crippen molar-refractivity contribution < 1.29 is 4.79 Å². The number of rotatable bonds is 6. The minimum Gasteiger partial charge on any atom is -0.357 e. The van der Waals surface area contributed by atoms with Crippen molar-refractivity contribution >= 4 is 47.3 Å².